The van der Waals surface area contributed by atoms with E-state index in [4.69, 9.17) is 9.47 Å². The van der Waals surface area contributed by atoms with Gasteiger partial charge in [0, 0.05) is 6.54 Å². The highest BCUT2D eigenvalue weighted by Gasteiger charge is 2.22. The van der Waals surface area contributed by atoms with E-state index in [1.165, 1.54) is 0 Å². The molecule has 9 heteroatoms. The zero-order valence-corrected chi connectivity index (χ0v) is 13.4. The maximum Gasteiger partial charge on any atom is 0.319 e. The summed E-state index contributed by atoms with van der Waals surface area (Å²) < 4.78 is 11.0. The number of benzene rings is 1. The van der Waals surface area contributed by atoms with Crippen LogP contribution in [0.1, 0.15) is 29.9 Å². The van der Waals surface area contributed by atoms with Gasteiger partial charge >= 0.3 is 5.69 Å². The zero-order valence-electron chi connectivity index (χ0n) is 13.4. The summed E-state index contributed by atoms with van der Waals surface area (Å²) in [6.45, 7) is 4.92. The van der Waals surface area contributed by atoms with Crippen molar-refractivity contribution < 1.29 is 19.2 Å². The third-order valence-corrected chi connectivity index (χ3v) is 3.10. The SMILES string of the molecule is CCOc1ccc(CNC(=O)c2[nH]ncc2[N+](=O)[O-])cc1OCC. The summed E-state index contributed by atoms with van der Waals surface area (Å²) in [7, 11) is 0. The Labute approximate surface area is 138 Å². The van der Waals surface area contributed by atoms with Crippen molar-refractivity contribution in [3.8, 4) is 11.5 Å². The number of nitrogens with zero attached hydrogens (tertiary/aromatic N) is 2. The van der Waals surface area contributed by atoms with Crippen LogP contribution in [-0.4, -0.2) is 34.2 Å². The average Bonchev–Trinajstić information content (AvgIpc) is 3.05. The Morgan fingerprint density at radius 3 is 2.67 bits per heavy atom. The predicted molar refractivity (Wildman–Crippen MR) is 85.2 cm³/mol. The highest BCUT2D eigenvalue weighted by molar-refractivity contribution is 5.95. The molecule has 0 spiro atoms. The molecule has 0 aliphatic carbocycles. The second-order valence-electron chi connectivity index (χ2n) is 4.72. The molecule has 1 heterocycles. The molecule has 0 aliphatic rings. The molecule has 0 aliphatic heterocycles. The van der Waals surface area contributed by atoms with Gasteiger partial charge in [-0.05, 0) is 31.5 Å². The van der Waals surface area contributed by atoms with E-state index in [2.05, 4.69) is 15.5 Å². The van der Waals surface area contributed by atoms with E-state index in [0.29, 0.717) is 24.7 Å². The molecule has 2 N–H and O–H groups in total. The van der Waals surface area contributed by atoms with Crippen LogP contribution in [0.5, 0.6) is 11.5 Å². The molecule has 0 atom stereocenters. The number of ether oxygens (including phenoxy) is 2. The lowest BCUT2D eigenvalue weighted by Gasteiger charge is -2.12. The number of carbonyl (C=O) groups is 1. The number of aromatic nitrogens is 2. The minimum atomic E-state index is -0.664. The highest BCUT2D eigenvalue weighted by Crippen LogP contribution is 2.28. The summed E-state index contributed by atoms with van der Waals surface area (Å²) in [5.41, 5.74) is 0.225. The fraction of sp³-hybridized carbons (Fsp3) is 0.333. The number of nitrogens with one attached hydrogen (secondary N) is 2. The highest BCUT2D eigenvalue weighted by atomic mass is 16.6. The topological polar surface area (TPSA) is 119 Å². The van der Waals surface area contributed by atoms with E-state index >= 15 is 0 Å². The Morgan fingerprint density at radius 1 is 1.29 bits per heavy atom. The molecule has 128 valence electrons. The molecule has 9 nitrogen and oxygen atoms in total. The first-order valence-electron chi connectivity index (χ1n) is 7.41. The third-order valence-electron chi connectivity index (χ3n) is 3.10. The third kappa shape index (κ3) is 4.00. The van der Waals surface area contributed by atoms with Crippen LogP contribution in [-0.2, 0) is 6.54 Å². The molecule has 1 aromatic heterocycles. The molecule has 24 heavy (non-hydrogen) atoms. The van der Waals surface area contributed by atoms with E-state index < -0.39 is 10.8 Å². The first-order valence-corrected chi connectivity index (χ1v) is 7.41. The average molecular weight is 334 g/mol. The lowest BCUT2D eigenvalue weighted by molar-refractivity contribution is -0.385. The lowest BCUT2D eigenvalue weighted by atomic mass is 10.2. The number of amides is 1. The molecule has 2 rings (SSSR count). The smallest absolute Gasteiger partial charge is 0.319 e. The van der Waals surface area contributed by atoms with Gasteiger partial charge in [-0.1, -0.05) is 6.07 Å². The summed E-state index contributed by atoms with van der Waals surface area (Å²) in [5.74, 6) is 0.600. The Balaban J connectivity index is 2.08. The van der Waals surface area contributed by atoms with E-state index in [9.17, 15) is 14.9 Å². The minimum absolute atomic E-state index is 0.182. The first-order chi connectivity index (χ1) is 11.6. The molecule has 0 saturated carbocycles. The van der Waals surface area contributed by atoms with Crippen LogP contribution >= 0.6 is 0 Å². The van der Waals surface area contributed by atoms with Gasteiger partial charge in [-0.2, -0.15) is 5.10 Å². The van der Waals surface area contributed by atoms with Crippen LogP contribution in [0.2, 0.25) is 0 Å². The first kappa shape index (κ1) is 17.3. The van der Waals surface area contributed by atoms with Crippen molar-refractivity contribution in [2.45, 2.75) is 20.4 Å². The number of rotatable bonds is 8. The van der Waals surface area contributed by atoms with Gasteiger partial charge in [-0.3, -0.25) is 20.0 Å². The monoisotopic (exact) mass is 334 g/mol. The lowest BCUT2D eigenvalue weighted by Crippen LogP contribution is -2.24. The number of hydrogen-bond acceptors (Lipinski definition) is 6. The van der Waals surface area contributed by atoms with E-state index in [1.807, 2.05) is 13.8 Å². The second kappa shape index (κ2) is 7.95. The second-order valence-corrected chi connectivity index (χ2v) is 4.72. The van der Waals surface area contributed by atoms with Crippen molar-refractivity contribution in [1.29, 1.82) is 0 Å². The maximum absolute atomic E-state index is 12.0. The molecular weight excluding hydrogens is 316 g/mol. The number of carbonyl (C=O) groups excluding carboxylic acids is 1. The van der Waals surface area contributed by atoms with Crippen LogP contribution in [0.25, 0.3) is 0 Å². The number of nitro groups is 1. The molecule has 0 fully saturated rings. The molecule has 1 amide bonds. The summed E-state index contributed by atoms with van der Waals surface area (Å²) >= 11 is 0. The molecule has 0 saturated heterocycles. The fourth-order valence-electron chi connectivity index (χ4n) is 2.06. The van der Waals surface area contributed by atoms with Crippen molar-refractivity contribution in [3.05, 3.63) is 45.8 Å². The molecule has 1 aromatic carbocycles. The largest absolute Gasteiger partial charge is 0.490 e. The Kier molecular flexibility index (Phi) is 5.72. The summed E-state index contributed by atoms with van der Waals surface area (Å²) in [5, 5.41) is 19.3. The number of hydrogen-bond donors (Lipinski definition) is 2. The van der Waals surface area contributed by atoms with Gasteiger partial charge in [0.2, 0.25) is 5.69 Å². The Hall–Kier alpha value is -3.10. The van der Waals surface area contributed by atoms with Crippen molar-refractivity contribution in [1.82, 2.24) is 15.5 Å². The van der Waals surface area contributed by atoms with E-state index in [1.54, 1.807) is 18.2 Å². The van der Waals surface area contributed by atoms with Crippen molar-refractivity contribution in [2.75, 3.05) is 13.2 Å². The maximum atomic E-state index is 12.0. The fourth-order valence-corrected chi connectivity index (χ4v) is 2.06. The zero-order chi connectivity index (χ0) is 17.5. The van der Waals surface area contributed by atoms with Gasteiger partial charge in [0.1, 0.15) is 6.20 Å². The number of aromatic amines is 1. The van der Waals surface area contributed by atoms with Crippen LogP contribution in [0, 0.1) is 10.1 Å². The Bertz CT molecular complexity index is 728. The molecule has 0 unspecified atom stereocenters. The molecule has 0 bridgehead atoms. The quantitative estimate of drug-likeness (QED) is 0.563. The van der Waals surface area contributed by atoms with Gasteiger partial charge < -0.3 is 14.8 Å². The van der Waals surface area contributed by atoms with E-state index in [0.717, 1.165) is 11.8 Å². The summed E-state index contributed by atoms with van der Waals surface area (Å²) in [4.78, 5) is 22.2. The van der Waals surface area contributed by atoms with Gasteiger partial charge in [-0.25, -0.2) is 0 Å². The summed E-state index contributed by atoms with van der Waals surface area (Å²) in [6.07, 6.45) is 0.999. The van der Waals surface area contributed by atoms with Gasteiger partial charge in [-0.15, -0.1) is 0 Å². The summed E-state index contributed by atoms with van der Waals surface area (Å²) in [6, 6.07) is 5.31. The van der Waals surface area contributed by atoms with Crippen molar-refractivity contribution in [3.63, 3.8) is 0 Å². The van der Waals surface area contributed by atoms with Gasteiger partial charge in [0.15, 0.2) is 11.5 Å². The normalized spacial score (nSPS) is 10.2. The standard InChI is InChI=1S/C15H18N4O5/c1-3-23-12-6-5-10(7-13(12)24-4-2)8-16-15(20)14-11(19(21)22)9-17-18-14/h5-7,9H,3-4,8H2,1-2H3,(H,16,20)(H,17,18). The van der Waals surface area contributed by atoms with Crippen molar-refractivity contribution in [2.24, 2.45) is 0 Å². The molecule has 0 radical (unpaired) electrons. The minimum Gasteiger partial charge on any atom is -0.490 e. The van der Waals surface area contributed by atoms with E-state index in [-0.39, 0.29) is 17.9 Å². The van der Waals surface area contributed by atoms with Crippen LogP contribution in [0.15, 0.2) is 24.4 Å². The molecule has 2 aromatic rings. The van der Waals surface area contributed by atoms with Crippen molar-refractivity contribution >= 4 is 11.6 Å². The van der Waals surface area contributed by atoms with Crippen LogP contribution in [0.4, 0.5) is 5.69 Å². The Morgan fingerprint density at radius 2 is 2.00 bits per heavy atom. The predicted octanol–water partition coefficient (Wildman–Crippen LogP) is 2.05. The number of H-pyrrole nitrogens is 1. The molecular formula is C15H18N4O5. The van der Waals surface area contributed by atoms with Crippen LogP contribution < -0.4 is 14.8 Å². The van der Waals surface area contributed by atoms with Crippen LogP contribution in [0.3, 0.4) is 0 Å². The van der Waals surface area contributed by atoms with Gasteiger partial charge in [0.05, 0.1) is 18.1 Å². The van der Waals surface area contributed by atoms with Gasteiger partial charge in [0.25, 0.3) is 5.91 Å².